The standard InChI is InChI=1S/C13H12FIN/c1-9-3-5-11(12(14)7-9)10-4-6-13(15-2)16-8-10/h3-8H,1-2H3/q-1. The first-order chi connectivity index (χ1) is 7.70. The van der Waals surface area contributed by atoms with E-state index in [1.165, 1.54) is 0 Å². The zero-order chi connectivity index (χ0) is 11.5. The number of hydrogen-bond acceptors (Lipinski definition) is 1. The number of rotatable bonds is 2. The average molecular weight is 328 g/mol. The van der Waals surface area contributed by atoms with Crippen LogP contribution in [0, 0.1) is 16.4 Å². The first-order valence-corrected chi connectivity index (χ1v) is 8.16. The Morgan fingerprint density at radius 2 is 2.00 bits per heavy atom. The molecule has 1 heterocycles. The van der Waals surface area contributed by atoms with Crippen LogP contribution in [-0.4, -0.2) is 9.91 Å². The minimum absolute atomic E-state index is 0.00845. The molecule has 0 unspecified atom stereocenters. The number of halogens is 2. The second-order valence-electron chi connectivity index (χ2n) is 3.54. The van der Waals surface area contributed by atoms with Crippen molar-refractivity contribution in [3.63, 3.8) is 0 Å². The van der Waals surface area contributed by atoms with Gasteiger partial charge in [-0.3, -0.25) is 0 Å². The molecule has 2 aromatic rings. The molecule has 3 heteroatoms. The molecule has 0 fully saturated rings. The average Bonchev–Trinajstić information content (AvgIpc) is 2.29. The van der Waals surface area contributed by atoms with Crippen molar-refractivity contribution >= 4 is 0 Å². The van der Waals surface area contributed by atoms with Crippen LogP contribution in [0.5, 0.6) is 0 Å². The van der Waals surface area contributed by atoms with E-state index >= 15 is 0 Å². The van der Waals surface area contributed by atoms with Crippen molar-refractivity contribution in [1.29, 1.82) is 0 Å². The number of aryl methyl sites for hydroxylation is 1. The maximum atomic E-state index is 13.7. The second kappa shape index (κ2) is 4.91. The van der Waals surface area contributed by atoms with Crippen LogP contribution in [-0.2, 0) is 0 Å². The molecule has 1 aromatic heterocycles. The maximum absolute atomic E-state index is 13.7. The summed E-state index contributed by atoms with van der Waals surface area (Å²) in [4.78, 5) is 6.48. The first kappa shape index (κ1) is 11.5. The zero-order valence-electron chi connectivity index (χ0n) is 9.17. The van der Waals surface area contributed by atoms with Gasteiger partial charge in [-0.1, -0.05) is 0 Å². The Morgan fingerprint density at radius 3 is 2.56 bits per heavy atom. The van der Waals surface area contributed by atoms with Gasteiger partial charge in [0.25, 0.3) is 0 Å². The molecule has 0 atom stereocenters. The van der Waals surface area contributed by atoms with E-state index in [9.17, 15) is 4.39 Å². The van der Waals surface area contributed by atoms with Crippen molar-refractivity contribution in [1.82, 2.24) is 4.98 Å². The summed E-state index contributed by atoms with van der Waals surface area (Å²) in [6.45, 7) is 1.88. The van der Waals surface area contributed by atoms with Crippen molar-refractivity contribution in [2.45, 2.75) is 6.92 Å². The molecule has 0 N–H and O–H groups in total. The van der Waals surface area contributed by atoms with E-state index < -0.39 is 0 Å². The predicted molar refractivity (Wildman–Crippen MR) is 59.0 cm³/mol. The second-order valence-corrected chi connectivity index (χ2v) is 5.73. The number of nitrogens with zero attached hydrogens (tertiary/aromatic N) is 1. The van der Waals surface area contributed by atoms with Crippen LogP contribution in [0.15, 0.2) is 36.5 Å². The van der Waals surface area contributed by atoms with E-state index in [1.54, 1.807) is 12.3 Å². The van der Waals surface area contributed by atoms with Crippen LogP contribution >= 0.6 is 0 Å². The van der Waals surface area contributed by atoms with Gasteiger partial charge in [-0.05, 0) is 0 Å². The van der Waals surface area contributed by atoms with Crippen molar-refractivity contribution in [2.75, 3.05) is 4.93 Å². The Labute approximate surface area is 105 Å². The Bertz CT molecular complexity index is 494. The minimum atomic E-state index is -0.180. The van der Waals surface area contributed by atoms with Crippen molar-refractivity contribution in [3.05, 3.63) is 51.6 Å². The topological polar surface area (TPSA) is 12.9 Å². The van der Waals surface area contributed by atoms with E-state index in [2.05, 4.69) is 9.91 Å². The van der Waals surface area contributed by atoms with Crippen LogP contribution in [0.1, 0.15) is 5.56 Å². The van der Waals surface area contributed by atoms with Gasteiger partial charge in [0.15, 0.2) is 0 Å². The summed E-state index contributed by atoms with van der Waals surface area (Å²) in [5, 5.41) is 0. The number of pyridine rings is 1. The number of aromatic nitrogens is 1. The first-order valence-electron chi connectivity index (χ1n) is 4.93. The molecule has 0 saturated heterocycles. The third-order valence-electron chi connectivity index (χ3n) is 2.36. The van der Waals surface area contributed by atoms with Crippen LogP contribution < -0.4 is 21.2 Å². The van der Waals surface area contributed by atoms with Crippen LogP contribution in [0.25, 0.3) is 11.1 Å². The van der Waals surface area contributed by atoms with Gasteiger partial charge in [0, 0.05) is 0 Å². The van der Waals surface area contributed by atoms with Gasteiger partial charge in [-0.25, -0.2) is 0 Å². The third-order valence-corrected chi connectivity index (χ3v) is 4.10. The molecule has 0 spiro atoms. The molecule has 0 bridgehead atoms. The van der Waals surface area contributed by atoms with Gasteiger partial charge >= 0.3 is 105 Å². The summed E-state index contributed by atoms with van der Waals surface area (Å²) in [7, 11) is 0. The van der Waals surface area contributed by atoms with Gasteiger partial charge in [0.05, 0.1) is 0 Å². The predicted octanol–water partition coefficient (Wildman–Crippen LogP) is 0.0845. The van der Waals surface area contributed by atoms with Gasteiger partial charge in [0.1, 0.15) is 0 Å². The van der Waals surface area contributed by atoms with Crippen LogP contribution in [0.4, 0.5) is 4.39 Å². The Balaban J connectivity index is 2.42. The number of alkyl halides is 1. The van der Waals surface area contributed by atoms with Gasteiger partial charge < -0.3 is 0 Å². The molecule has 0 aliphatic rings. The summed E-state index contributed by atoms with van der Waals surface area (Å²) in [6, 6.07) is 9.21. The summed E-state index contributed by atoms with van der Waals surface area (Å²) >= 11 is 0.00845. The molecular formula is C13H12FIN-. The molecule has 0 aliphatic carbocycles. The van der Waals surface area contributed by atoms with E-state index in [0.29, 0.717) is 5.56 Å². The zero-order valence-corrected chi connectivity index (χ0v) is 11.3. The number of hydrogen-bond donors (Lipinski definition) is 0. The van der Waals surface area contributed by atoms with E-state index in [-0.39, 0.29) is 27.0 Å². The fraction of sp³-hybridized carbons (Fsp3) is 0.154. The summed E-state index contributed by atoms with van der Waals surface area (Å²) in [6.07, 6.45) is 1.76. The van der Waals surface area contributed by atoms with Crippen LogP contribution in [0.3, 0.4) is 0 Å². The fourth-order valence-corrected chi connectivity index (χ4v) is 2.46. The number of benzene rings is 1. The van der Waals surface area contributed by atoms with Gasteiger partial charge in [0.2, 0.25) is 0 Å². The normalized spacial score (nSPS) is 10.7. The molecule has 0 radical (unpaired) electrons. The van der Waals surface area contributed by atoms with Gasteiger partial charge in [-0.15, -0.1) is 0 Å². The van der Waals surface area contributed by atoms with Crippen molar-refractivity contribution in [2.24, 2.45) is 0 Å². The summed E-state index contributed by atoms with van der Waals surface area (Å²) < 4.78 is 14.8. The third kappa shape index (κ3) is 2.40. The van der Waals surface area contributed by atoms with Crippen LogP contribution in [0.2, 0.25) is 0 Å². The van der Waals surface area contributed by atoms with E-state index in [4.69, 9.17) is 0 Å². The van der Waals surface area contributed by atoms with Crippen molar-refractivity contribution < 1.29 is 25.6 Å². The molecule has 1 nitrogen and oxygen atoms in total. The Kier molecular flexibility index (Phi) is 3.53. The SMILES string of the molecule is C[I-]c1ccc(-c2ccc(C)cc2F)cn1. The Morgan fingerprint density at radius 1 is 1.19 bits per heavy atom. The summed E-state index contributed by atoms with van der Waals surface area (Å²) in [5.41, 5.74) is 2.41. The fourth-order valence-electron chi connectivity index (χ4n) is 1.50. The molecule has 16 heavy (non-hydrogen) atoms. The molecular weight excluding hydrogens is 316 g/mol. The van der Waals surface area contributed by atoms with E-state index in [1.807, 2.05) is 31.2 Å². The summed E-state index contributed by atoms with van der Waals surface area (Å²) in [5.74, 6) is -0.180. The Hall–Kier alpha value is -0.970. The molecule has 2 rings (SSSR count). The molecule has 0 saturated carbocycles. The van der Waals surface area contributed by atoms with E-state index in [0.717, 1.165) is 14.8 Å². The van der Waals surface area contributed by atoms with Gasteiger partial charge in [-0.2, -0.15) is 0 Å². The molecule has 0 aliphatic heterocycles. The molecule has 84 valence electrons. The monoisotopic (exact) mass is 328 g/mol. The molecule has 1 aromatic carbocycles. The van der Waals surface area contributed by atoms with Crippen molar-refractivity contribution in [3.8, 4) is 11.1 Å². The molecule has 0 amide bonds. The quantitative estimate of drug-likeness (QED) is 0.432.